The molecule has 1 aliphatic carbocycles. The van der Waals surface area contributed by atoms with Crippen LogP contribution in [0.3, 0.4) is 0 Å². The van der Waals surface area contributed by atoms with Gasteiger partial charge in [-0.2, -0.15) is 0 Å². The van der Waals surface area contributed by atoms with Gasteiger partial charge in [0.15, 0.2) is 6.10 Å². The summed E-state index contributed by atoms with van der Waals surface area (Å²) in [5.41, 5.74) is 3.63. The molecular formula is C20H23NO2. The third-order valence-corrected chi connectivity index (χ3v) is 4.45. The summed E-state index contributed by atoms with van der Waals surface area (Å²) in [6.07, 6.45) is 2.68. The van der Waals surface area contributed by atoms with Crippen molar-refractivity contribution in [3.05, 3.63) is 65.2 Å². The Morgan fingerprint density at radius 3 is 2.74 bits per heavy atom. The lowest BCUT2D eigenvalue weighted by molar-refractivity contribution is -0.128. The zero-order valence-corrected chi connectivity index (χ0v) is 13.7. The van der Waals surface area contributed by atoms with E-state index in [1.807, 2.05) is 37.3 Å². The van der Waals surface area contributed by atoms with Crippen LogP contribution in [0, 0.1) is 6.92 Å². The summed E-state index contributed by atoms with van der Waals surface area (Å²) in [5, 5.41) is 3.15. The molecular weight excluding hydrogens is 286 g/mol. The molecule has 0 unspecified atom stereocenters. The molecule has 0 spiro atoms. The Hall–Kier alpha value is -2.29. The smallest absolute Gasteiger partial charge is 0.261 e. The molecule has 0 saturated heterocycles. The molecule has 2 atom stereocenters. The zero-order valence-electron chi connectivity index (χ0n) is 13.7. The van der Waals surface area contributed by atoms with Crippen LogP contribution in [-0.4, -0.2) is 12.0 Å². The summed E-state index contributed by atoms with van der Waals surface area (Å²) in [5.74, 6) is 0.703. The van der Waals surface area contributed by atoms with Gasteiger partial charge in [-0.3, -0.25) is 4.79 Å². The maximum Gasteiger partial charge on any atom is 0.261 e. The van der Waals surface area contributed by atoms with Crippen LogP contribution < -0.4 is 10.1 Å². The number of aryl methyl sites for hydroxylation is 2. The number of carbonyl (C=O) groups is 1. The van der Waals surface area contributed by atoms with E-state index < -0.39 is 6.10 Å². The van der Waals surface area contributed by atoms with Crippen LogP contribution in [0.15, 0.2) is 48.5 Å². The first-order valence-electron chi connectivity index (χ1n) is 8.25. The molecule has 3 nitrogen and oxygen atoms in total. The van der Waals surface area contributed by atoms with E-state index in [-0.39, 0.29) is 11.9 Å². The summed E-state index contributed by atoms with van der Waals surface area (Å²) in [7, 11) is 0. The highest BCUT2D eigenvalue weighted by atomic mass is 16.5. The summed E-state index contributed by atoms with van der Waals surface area (Å²) in [6.45, 7) is 3.79. The average molecular weight is 309 g/mol. The van der Waals surface area contributed by atoms with Crippen LogP contribution in [0.2, 0.25) is 0 Å². The molecule has 3 heteroatoms. The van der Waals surface area contributed by atoms with E-state index in [0.29, 0.717) is 0 Å². The summed E-state index contributed by atoms with van der Waals surface area (Å²) in [4.78, 5) is 12.5. The van der Waals surface area contributed by atoms with Gasteiger partial charge in [-0.05, 0) is 55.9 Å². The fourth-order valence-corrected chi connectivity index (χ4v) is 3.13. The van der Waals surface area contributed by atoms with Gasteiger partial charge in [0.1, 0.15) is 5.75 Å². The number of carbonyl (C=O) groups excluding carboxylic acids is 1. The number of nitrogens with one attached hydrogen (secondary N) is 1. The molecule has 0 saturated carbocycles. The fourth-order valence-electron chi connectivity index (χ4n) is 3.13. The van der Waals surface area contributed by atoms with Gasteiger partial charge in [-0.15, -0.1) is 0 Å². The van der Waals surface area contributed by atoms with Crippen molar-refractivity contribution in [2.45, 2.75) is 45.3 Å². The maximum absolute atomic E-state index is 12.5. The standard InChI is InChI=1S/C20H23NO2/c1-14-8-3-6-13-19(14)23-15(2)20(22)21-18-12-7-10-16-9-4-5-11-17(16)18/h3-6,8-9,11,13,15,18H,7,10,12H2,1-2H3,(H,21,22)/t15-,18+/m1/s1. The first-order valence-corrected chi connectivity index (χ1v) is 8.25. The molecule has 0 bridgehead atoms. The molecule has 0 heterocycles. The predicted octanol–water partition coefficient (Wildman–Crippen LogP) is 3.96. The number of hydrogen-bond donors (Lipinski definition) is 1. The minimum absolute atomic E-state index is 0.0602. The third-order valence-electron chi connectivity index (χ3n) is 4.45. The van der Waals surface area contributed by atoms with Crippen molar-refractivity contribution in [3.63, 3.8) is 0 Å². The van der Waals surface area contributed by atoms with Crippen molar-refractivity contribution in [1.29, 1.82) is 0 Å². The SMILES string of the molecule is Cc1ccccc1O[C@H](C)C(=O)N[C@H]1CCCc2ccccc21. The highest BCUT2D eigenvalue weighted by molar-refractivity contribution is 5.81. The van der Waals surface area contributed by atoms with Crippen molar-refractivity contribution < 1.29 is 9.53 Å². The second kappa shape index (κ2) is 6.86. The van der Waals surface area contributed by atoms with E-state index in [4.69, 9.17) is 4.74 Å². The highest BCUT2D eigenvalue weighted by Crippen LogP contribution is 2.29. The van der Waals surface area contributed by atoms with Crippen LogP contribution in [0.25, 0.3) is 0 Å². The van der Waals surface area contributed by atoms with E-state index in [9.17, 15) is 4.79 Å². The van der Waals surface area contributed by atoms with Crippen LogP contribution in [0.1, 0.15) is 42.5 Å². The molecule has 3 rings (SSSR count). The Kier molecular flexibility index (Phi) is 4.65. The molecule has 23 heavy (non-hydrogen) atoms. The van der Waals surface area contributed by atoms with E-state index in [0.717, 1.165) is 30.6 Å². The molecule has 0 fully saturated rings. The molecule has 2 aromatic carbocycles. The molecule has 120 valence electrons. The summed E-state index contributed by atoms with van der Waals surface area (Å²) >= 11 is 0. The van der Waals surface area contributed by atoms with Crippen molar-refractivity contribution in [2.75, 3.05) is 0 Å². The van der Waals surface area contributed by atoms with E-state index in [2.05, 4.69) is 23.5 Å². The van der Waals surface area contributed by atoms with Gasteiger partial charge < -0.3 is 10.1 Å². The monoisotopic (exact) mass is 309 g/mol. The molecule has 0 radical (unpaired) electrons. The Morgan fingerprint density at radius 2 is 1.91 bits per heavy atom. The highest BCUT2D eigenvalue weighted by Gasteiger charge is 2.24. The topological polar surface area (TPSA) is 38.3 Å². The number of ether oxygens (including phenoxy) is 1. The first-order chi connectivity index (χ1) is 11.1. The van der Waals surface area contributed by atoms with Crippen LogP contribution in [0.4, 0.5) is 0 Å². The third kappa shape index (κ3) is 3.55. The zero-order chi connectivity index (χ0) is 16.2. The van der Waals surface area contributed by atoms with Gasteiger partial charge in [0.05, 0.1) is 6.04 Å². The van der Waals surface area contributed by atoms with Crippen molar-refractivity contribution in [1.82, 2.24) is 5.32 Å². The quantitative estimate of drug-likeness (QED) is 0.928. The van der Waals surface area contributed by atoms with Crippen molar-refractivity contribution >= 4 is 5.91 Å². The van der Waals surface area contributed by atoms with Gasteiger partial charge in [0, 0.05) is 0 Å². The molecule has 0 aromatic heterocycles. The second-order valence-corrected chi connectivity index (χ2v) is 6.18. The van der Waals surface area contributed by atoms with Gasteiger partial charge in [-0.25, -0.2) is 0 Å². The molecule has 1 aliphatic rings. The molecule has 2 aromatic rings. The lowest BCUT2D eigenvalue weighted by Crippen LogP contribution is -2.39. The van der Waals surface area contributed by atoms with Crippen LogP contribution in [-0.2, 0) is 11.2 Å². The van der Waals surface area contributed by atoms with Crippen molar-refractivity contribution in [2.24, 2.45) is 0 Å². The van der Waals surface area contributed by atoms with Crippen LogP contribution in [0.5, 0.6) is 5.75 Å². The Bertz CT molecular complexity index is 696. The Labute approximate surface area is 137 Å². The number of fused-ring (bicyclic) bond motifs is 1. The minimum Gasteiger partial charge on any atom is -0.481 e. The lowest BCUT2D eigenvalue weighted by atomic mass is 9.87. The van der Waals surface area contributed by atoms with E-state index in [1.165, 1.54) is 11.1 Å². The van der Waals surface area contributed by atoms with Gasteiger partial charge in [0.25, 0.3) is 5.91 Å². The van der Waals surface area contributed by atoms with Crippen LogP contribution >= 0.6 is 0 Å². The minimum atomic E-state index is -0.509. The van der Waals surface area contributed by atoms with Gasteiger partial charge in [-0.1, -0.05) is 42.5 Å². The summed E-state index contributed by atoms with van der Waals surface area (Å²) in [6, 6.07) is 16.2. The number of rotatable bonds is 4. The molecule has 0 aliphatic heterocycles. The average Bonchev–Trinajstić information content (AvgIpc) is 2.57. The number of para-hydroxylation sites is 1. The fraction of sp³-hybridized carbons (Fsp3) is 0.350. The first kappa shape index (κ1) is 15.6. The van der Waals surface area contributed by atoms with Crippen molar-refractivity contribution in [3.8, 4) is 5.75 Å². The lowest BCUT2D eigenvalue weighted by Gasteiger charge is -2.27. The Balaban J connectivity index is 1.67. The molecule has 1 N–H and O–H groups in total. The number of hydrogen-bond acceptors (Lipinski definition) is 2. The normalized spacial score (nSPS) is 17.9. The predicted molar refractivity (Wildman–Crippen MR) is 91.5 cm³/mol. The van der Waals surface area contributed by atoms with Gasteiger partial charge in [0.2, 0.25) is 0 Å². The number of benzene rings is 2. The Morgan fingerprint density at radius 1 is 1.17 bits per heavy atom. The number of amides is 1. The van der Waals surface area contributed by atoms with E-state index in [1.54, 1.807) is 6.92 Å². The van der Waals surface area contributed by atoms with E-state index >= 15 is 0 Å². The largest absolute Gasteiger partial charge is 0.481 e. The van der Waals surface area contributed by atoms with Gasteiger partial charge >= 0.3 is 0 Å². The maximum atomic E-state index is 12.5. The summed E-state index contributed by atoms with van der Waals surface area (Å²) < 4.78 is 5.82. The second-order valence-electron chi connectivity index (χ2n) is 6.18. The molecule has 1 amide bonds.